The van der Waals surface area contributed by atoms with Gasteiger partial charge in [0.1, 0.15) is 17.3 Å². The maximum Gasteiger partial charge on any atom is 0.169 e. The average molecular weight is 258 g/mol. The molecule has 1 aromatic heterocycles. The van der Waals surface area contributed by atoms with Crippen LogP contribution >= 0.6 is 0 Å². The number of benzene rings is 1. The molecule has 0 atom stereocenters. The van der Waals surface area contributed by atoms with Gasteiger partial charge in [0.05, 0.1) is 12.8 Å². The van der Waals surface area contributed by atoms with Crippen LogP contribution in [0, 0.1) is 6.92 Å². The highest BCUT2D eigenvalue weighted by Crippen LogP contribution is 2.25. The summed E-state index contributed by atoms with van der Waals surface area (Å²) >= 11 is 0. The first-order chi connectivity index (χ1) is 9.10. The Bertz CT molecular complexity index is 568. The van der Waals surface area contributed by atoms with Crippen LogP contribution in [-0.4, -0.2) is 15.1 Å². The first-order valence-corrected chi connectivity index (χ1v) is 6.31. The van der Waals surface area contributed by atoms with Gasteiger partial charge in [-0.25, -0.2) is 9.97 Å². The molecule has 0 amide bonds. The summed E-state index contributed by atoms with van der Waals surface area (Å²) in [5, 5.41) is 9.39. The number of hydrogen-bond acceptors (Lipinski definition) is 4. The SMILES string of the molecule is Cc1cccc(Oc2cnc(C(C)C)nc2CO)c1. The summed E-state index contributed by atoms with van der Waals surface area (Å²) in [5.41, 5.74) is 1.63. The molecule has 0 bridgehead atoms. The van der Waals surface area contributed by atoms with Gasteiger partial charge in [0.2, 0.25) is 0 Å². The summed E-state index contributed by atoms with van der Waals surface area (Å²) in [6, 6.07) is 7.72. The molecule has 0 aliphatic carbocycles. The molecule has 2 aromatic rings. The minimum Gasteiger partial charge on any atom is -0.454 e. The van der Waals surface area contributed by atoms with Crippen LogP contribution in [0.25, 0.3) is 0 Å². The molecule has 0 radical (unpaired) electrons. The summed E-state index contributed by atoms with van der Waals surface area (Å²) in [5.74, 6) is 2.15. The van der Waals surface area contributed by atoms with Crippen LogP contribution in [0.4, 0.5) is 0 Å². The predicted molar refractivity (Wildman–Crippen MR) is 73.3 cm³/mol. The smallest absolute Gasteiger partial charge is 0.169 e. The third-order valence-electron chi connectivity index (χ3n) is 2.73. The van der Waals surface area contributed by atoms with Crippen LogP contribution in [0.15, 0.2) is 30.5 Å². The Kier molecular flexibility index (Phi) is 4.12. The zero-order chi connectivity index (χ0) is 13.8. The lowest BCUT2D eigenvalue weighted by Crippen LogP contribution is -2.03. The zero-order valence-electron chi connectivity index (χ0n) is 11.4. The van der Waals surface area contributed by atoms with Crippen LogP contribution < -0.4 is 4.74 Å². The maximum absolute atomic E-state index is 9.39. The van der Waals surface area contributed by atoms with Crippen LogP contribution in [0.3, 0.4) is 0 Å². The third kappa shape index (κ3) is 3.29. The van der Waals surface area contributed by atoms with Crippen molar-refractivity contribution in [3.63, 3.8) is 0 Å². The van der Waals surface area contributed by atoms with Gasteiger partial charge >= 0.3 is 0 Å². The molecule has 100 valence electrons. The van der Waals surface area contributed by atoms with E-state index in [4.69, 9.17) is 4.74 Å². The fourth-order valence-electron chi connectivity index (χ4n) is 1.70. The molecule has 0 saturated carbocycles. The molecular formula is C15H18N2O2. The quantitative estimate of drug-likeness (QED) is 0.915. The predicted octanol–water partition coefficient (Wildman–Crippen LogP) is 3.19. The molecule has 19 heavy (non-hydrogen) atoms. The second kappa shape index (κ2) is 5.80. The zero-order valence-corrected chi connectivity index (χ0v) is 11.4. The van der Waals surface area contributed by atoms with Crippen molar-refractivity contribution >= 4 is 0 Å². The maximum atomic E-state index is 9.39. The Labute approximate surface area is 113 Å². The molecule has 2 rings (SSSR count). The molecule has 0 aliphatic rings. The number of ether oxygens (including phenoxy) is 1. The number of aryl methyl sites for hydroxylation is 1. The van der Waals surface area contributed by atoms with E-state index in [1.54, 1.807) is 6.20 Å². The molecule has 0 aliphatic heterocycles. The number of aliphatic hydroxyl groups excluding tert-OH is 1. The topological polar surface area (TPSA) is 55.2 Å². The van der Waals surface area contributed by atoms with Crippen molar-refractivity contribution in [2.75, 3.05) is 0 Å². The molecule has 0 spiro atoms. The third-order valence-corrected chi connectivity index (χ3v) is 2.73. The first-order valence-electron chi connectivity index (χ1n) is 6.31. The van der Waals surface area contributed by atoms with Crippen LogP contribution in [0.1, 0.15) is 36.8 Å². The van der Waals surface area contributed by atoms with E-state index in [2.05, 4.69) is 9.97 Å². The Morgan fingerprint density at radius 1 is 1.32 bits per heavy atom. The van der Waals surface area contributed by atoms with Crippen molar-refractivity contribution in [1.29, 1.82) is 0 Å². The average Bonchev–Trinajstić information content (AvgIpc) is 2.39. The summed E-state index contributed by atoms with van der Waals surface area (Å²) < 4.78 is 5.73. The molecule has 0 fully saturated rings. The number of hydrogen-bond donors (Lipinski definition) is 1. The van der Waals surface area contributed by atoms with Gasteiger partial charge in [-0.2, -0.15) is 0 Å². The van der Waals surface area contributed by atoms with Gasteiger partial charge in [0, 0.05) is 5.92 Å². The lowest BCUT2D eigenvalue weighted by Gasteiger charge is -2.11. The fourth-order valence-corrected chi connectivity index (χ4v) is 1.70. The standard InChI is InChI=1S/C15H18N2O2/c1-10(2)15-16-8-14(13(9-18)17-15)19-12-6-4-5-11(3)7-12/h4-8,10,18H,9H2,1-3H3. The Morgan fingerprint density at radius 2 is 2.11 bits per heavy atom. The van der Waals surface area contributed by atoms with Crippen LogP contribution in [0.2, 0.25) is 0 Å². The summed E-state index contributed by atoms with van der Waals surface area (Å²) in [6.07, 6.45) is 1.62. The number of aromatic nitrogens is 2. The number of aliphatic hydroxyl groups is 1. The normalized spacial score (nSPS) is 10.8. The van der Waals surface area contributed by atoms with Gasteiger partial charge in [-0.1, -0.05) is 26.0 Å². The molecule has 1 aromatic carbocycles. The molecule has 4 heteroatoms. The van der Waals surface area contributed by atoms with Crippen molar-refractivity contribution in [3.8, 4) is 11.5 Å². The summed E-state index contributed by atoms with van der Waals surface area (Å²) in [4.78, 5) is 8.58. The van der Waals surface area contributed by atoms with E-state index in [1.807, 2.05) is 45.0 Å². The van der Waals surface area contributed by atoms with Gasteiger partial charge in [-0.15, -0.1) is 0 Å². The van der Waals surface area contributed by atoms with E-state index < -0.39 is 0 Å². The number of rotatable bonds is 4. The van der Waals surface area contributed by atoms with Gasteiger partial charge in [-0.05, 0) is 24.6 Å². The Hall–Kier alpha value is -1.94. The van der Waals surface area contributed by atoms with Gasteiger partial charge in [0.15, 0.2) is 5.75 Å². The van der Waals surface area contributed by atoms with Crippen LogP contribution in [-0.2, 0) is 6.61 Å². The summed E-state index contributed by atoms with van der Waals surface area (Å²) in [6.45, 7) is 5.86. The second-order valence-corrected chi connectivity index (χ2v) is 4.77. The number of nitrogens with zero attached hydrogens (tertiary/aromatic N) is 2. The Morgan fingerprint density at radius 3 is 2.74 bits per heavy atom. The molecule has 0 saturated heterocycles. The fraction of sp³-hybridized carbons (Fsp3) is 0.333. The van der Waals surface area contributed by atoms with Crippen molar-refractivity contribution < 1.29 is 9.84 Å². The Balaban J connectivity index is 2.29. The van der Waals surface area contributed by atoms with E-state index in [0.29, 0.717) is 17.3 Å². The van der Waals surface area contributed by atoms with Crippen molar-refractivity contribution in [2.24, 2.45) is 0 Å². The van der Waals surface area contributed by atoms with E-state index in [1.165, 1.54) is 0 Å². The summed E-state index contributed by atoms with van der Waals surface area (Å²) in [7, 11) is 0. The largest absolute Gasteiger partial charge is 0.454 e. The second-order valence-electron chi connectivity index (χ2n) is 4.77. The van der Waals surface area contributed by atoms with E-state index in [-0.39, 0.29) is 12.5 Å². The highest BCUT2D eigenvalue weighted by atomic mass is 16.5. The van der Waals surface area contributed by atoms with Gasteiger partial charge in [-0.3, -0.25) is 0 Å². The first kappa shape index (κ1) is 13.5. The van der Waals surface area contributed by atoms with E-state index in [9.17, 15) is 5.11 Å². The van der Waals surface area contributed by atoms with E-state index >= 15 is 0 Å². The lowest BCUT2D eigenvalue weighted by atomic mass is 10.2. The van der Waals surface area contributed by atoms with Gasteiger partial charge < -0.3 is 9.84 Å². The van der Waals surface area contributed by atoms with E-state index in [0.717, 1.165) is 11.3 Å². The molecule has 1 N–H and O–H groups in total. The highest BCUT2D eigenvalue weighted by molar-refractivity contribution is 5.34. The molecule has 0 unspecified atom stereocenters. The van der Waals surface area contributed by atoms with Crippen molar-refractivity contribution in [1.82, 2.24) is 9.97 Å². The molecule has 1 heterocycles. The van der Waals surface area contributed by atoms with Crippen molar-refractivity contribution in [3.05, 3.63) is 47.5 Å². The minimum atomic E-state index is -0.163. The minimum absolute atomic E-state index is 0.163. The molecular weight excluding hydrogens is 240 g/mol. The monoisotopic (exact) mass is 258 g/mol. The van der Waals surface area contributed by atoms with Gasteiger partial charge in [0.25, 0.3) is 0 Å². The van der Waals surface area contributed by atoms with Crippen LogP contribution in [0.5, 0.6) is 11.5 Å². The highest BCUT2D eigenvalue weighted by Gasteiger charge is 2.11. The van der Waals surface area contributed by atoms with Crippen molar-refractivity contribution in [2.45, 2.75) is 33.3 Å². The molecule has 4 nitrogen and oxygen atoms in total. The lowest BCUT2D eigenvalue weighted by molar-refractivity contribution is 0.270.